The van der Waals surface area contributed by atoms with Crippen molar-refractivity contribution in [2.24, 2.45) is 27.6 Å². The third-order valence-electron chi connectivity index (χ3n) is 16.2. The highest BCUT2D eigenvalue weighted by Gasteiger charge is 2.73. The molecule has 0 radical (unpaired) electrons. The number of carboxylic acids is 1. The summed E-state index contributed by atoms with van der Waals surface area (Å²) in [5.41, 5.74) is 0.678. The highest BCUT2D eigenvalue weighted by atomic mass is 32.2. The zero-order valence-corrected chi connectivity index (χ0v) is 64.3. The molecule has 0 bridgehead atoms. The number of carboxylic acid groups (broad SMARTS) is 1. The SMILES string of the molecule is CCOc1cnc(C(=O)Cc2ccc(F)c([C@@]3(C)N=C(N(COCC[Si](C)(C)C)C(=O)OC(C)(C)C)S[C@@]4(C(=O)NCC(F)(F)F)C[C@H]43)c2)cn1.CCOc1cnc(C(=O)Cc2ccc(F)c([C@@]3(C)N=C(N(COCC[Si](C)(C)C)C(=O)OC(C)(C)C)S[C@@]4(C(=O)O)C[C@H]43)c2)cn1.NCC(F)(F)F. The van der Waals surface area contributed by atoms with Crippen LogP contribution in [0.1, 0.15) is 125 Å². The van der Waals surface area contributed by atoms with Crippen LogP contribution in [0.5, 0.6) is 11.8 Å². The number of carbonyl (C=O) groups is 6. The number of thioether (sulfide) groups is 2. The number of hydrogen-bond acceptors (Lipinski definition) is 21. The van der Waals surface area contributed by atoms with Crippen LogP contribution < -0.4 is 20.5 Å². The molecule has 35 heteroatoms. The number of nitrogens with zero attached hydrogens (tertiary/aromatic N) is 8. The van der Waals surface area contributed by atoms with Crippen molar-refractivity contribution in [1.82, 2.24) is 35.1 Å². The Labute approximate surface area is 604 Å². The fourth-order valence-corrected chi connectivity index (χ4v) is 15.3. The summed E-state index contributed by atoms with van der Waals surface area (Å²) < 4.78 is 134. The van der Waals surface area contributed by atoms with Crippen molar-refractivity contribution in [3.05, 3.63) is 106 Å². The lowest BCUT2D eigenvalue weighted by Crippen LogP contribution is -2.49. The maximum absolute atomic E-state index is 15.9. The lowest BCUT2D eigenvalue weighted by molar-refractivity contribution is -0.138. The van der Waals surface area contributed by atoms with E-state index < -0.39 is 127 Å². The van der Waals surface area contributed by atoms with Crippen molar-refractivity contribution in [2.75, 3.05) is 53.0 Å². The van der Waals surface area contributed by atoms with Crippen molar-refractivity contribution in [3.63, 3.8) is 0 Å². The number of carbonyl (C=O) groups excluding carboxylic acids is 5. The summed E-state index contributed by atoms with van der Waals surface area (Å²) in [5.74, 6) is -4.84. The van der Waals surface area contributed by atoms with Gasteiger partial charge in [-0.2, -0.15) is 26.3 Å². The number of nitrogens with one attached hydrogen (secondary N) is 1. The Kier molecular flexibility index (Phi) is 27.6. The molecular weight excluding hydrogens is 1440 g/mol. The number of aliphatic carboxylic acids is 1. The molecule has 4 aromatic rings. The van der Waals surface area contributed by atoms with Gasteiger partial charge in [0.15, 0.2) is 21.9 Å². The summed E-state index contributed by atoms with van der Waals surface area (Å²) in [6.07, 6.45) is -5.19. The van der Waals surface area contributed by atoms with Crippen LogP contribution in [0.4, 0.5) is 44.7 Å². The van der Waals surface area contributed by atoms with E-state index in [1.54, 1.807) is 68.4 Å². The number of aromatic nitrogens is 4. The normalized spacial score (nSPS) is 21.4. The summed E-state index contributed by atoms with van der Waals surface area (Å²) >= 11 is 1.80. The van der Waals surface area contributed by atoms with Gasteiger partial charge in [-0.05, 0) is 130 Å². The van der Waals surface area contributed by atoms with Crippen molar-refractivity contribution in [1.29, 1.82) is 0 Å². The molecule has 568 valence electrons. The molecule has 0 unspecified atom stereocenters. The summed E-state index contributed by atoms with van der Waals surface area (Å²) in [5, 5.41) is 12.4. The van der Waals surface area contributed by atoms with E-state index in [-0.39, 0.29) is 83.7 Å². The largest absolute Gasteiger partial charge is 0.480 e. The molecule has 2 aliphatic carbocycles. The van der Waals surface area contributed by atoms with E-state index in [0.29, 0.717) is 43.4 Å². The summed E-state index contributed by atoms with van der Waals surface area (Å²) in [6.45, 7) is 28.3. The van der Waals surface area contributed by atoms with Crippen LogP contribution in [-0.2, 0) is 52.5 Å². The first kappa shape index (κ1) is 84.7. The number of ketones is 2. The van der Waals surface area contributed by atoms with Gasteiger partial charge in [-0.15, -0.1) is 0 Å². The molecule has 0 spiro atoms. The number of amidine groups is 2. The van der Waals surface area contributed by atoms with E-state index >= 15 is 8.78 Å². The molecule has 0 saturated heterocycles. The molecule has 3 amide bonds. The van der Waals surface area contributed by atoms with Crippen molar-refractivity contribution in [3.8, 4) is 11.8 Å². The van der Waals surface area contributed by atoms with Crippen LogP contribution in [0.25, 0.3) is 0 Å². The van der Waals surface area contributed by atoms with Gasteiger partial charge in [0.1, 0.15) is 63.7 Å². The Morgan fingerprint density at radius 2 is 0.990 bits per heavy atom. The number of nitrogens with two attached hydrogens (primary N) is 1. The molecule has 2 saturated carbocycles. The van der Waals surface area contributed by atoms with E-state index in [0.717, 1.165) is 40.5 Å². The lowest BCUT2D eigenvalue weighted by Gasteiger charge is -2.38. The molecule has 23 nitrogen and oxygen atoms in total. The first-order valence-corrected chi connectivity index (χ1v) is 42.2. The average molecular weight is 1530 g/mol. The number of fused-ring (bicyclic) bond motifs is 2. The third kappa shape index (κ3) is 23.7. The maximum atomic E-state index is 15.9. The van der Waals surface area contributed by atoms with Gasteiger partial charge in [-0.25, -0.2) is 48.1 Å². The first-order valence-electron chi connectivity index (χ1n) is 33.1. The highest BCUT2D eigenvalue weighted by molar-refractivity contribution is 8.16. The molecule has 2 fully saturated rings. The smallest absolute Gasteiger partial charge is 0.418 e. The lowest BCUT2D eigenvalue weighted by atomic mass is 9.84. The van der Waals surface area contributed by atoms with Gasteiger partial charge in [-0.3, -0.25) is 29.2 Å². The van der Waals surface area contributed by atoms with Gasteiger partial charge in [0.2, 0.25) is 17.7 Å². The Bertz CT molecular complexity index is 3770. The zero-order chi connectivity index (χ0) is 77.3. The number of alkyl halides is 6. The second-order valence-corrected chi connectivity index (χ2v) is 43.5. The predicted octanol–water partition coefficient (Wildman–Crippen LogP) is 13.4. The van der Waals surface area contributed by atoms with E-state index in [1.165, 1.54) is 60.0 Å². The van der Waals surface area contributed by atoms with E-state index in [2.05, 4.69) is 65.0 Å². The van der Waals surface area contributed by atoms with Crippen molar-refractivity contribution >= 4 is 85.6 Å². The molecule has 8 rings (SSSR count). The second kappa shape index (κ2) is 33.5. The topological polar surface area (TPSA) is 299 Å². The number of Topliss-reactive ketones (excluding diaryl/α,β-unsaturated/α-hetero) is 2. The summed E-state index contributed by atoms with van der Waals surface area (Å²) in [7, 11) is -2.96. The minimum absolute atomic E-state index is 0.00247. The van der Waals surface area contributed by atoms with E-state index in [4.69, 9.17) is 38.4 Å². The number of hydrogen-bond donors (Lipinski definition) is 3. The number of ether oxygens (including phenoxy) is 6. The van der Waals surface area contributed by atoms with Gasteiger partial charge in [-0.1, -0.05) is 74.9 Å². The highest BCUT2D eigenvalue weighted by Crippen LogP contribution is 2.68. The fraction of sp³-hybridized carbons (Fsp3) is 0.588. The Morgan fingerprint density at radius 3 is 1.32 bits per heavy atom. The molecule has 2 aliphatic heterocycles. The third-order valence-corrected chi connectivity index (χ3v) is 22.6. The van der Waals surface area contributed by atoms with E-state index in [1.807, 2.05) is 12.2 Å². The van der Waals surface area contributed by atoms with Gasteiger partial charge in [0.25, 0.3) is 0 Å². The molecule has 4 heterocycles. The summed E-state index contributed by atoms with van der Waals surface area (Å²) in [4.78, 5) is 108. The Balaban J connectivity index is 0.000000301. The molecule has 6 atom stereocenters. The number of rotatable bonds is 25. The van der Waals surface area contributed by atoms with Crippen LogP contribution >= 0.6 is 23.5 Å². The molecule has 4 aliphatic rings. The fourth-order valence-electron chi connectivity index (χ4n) is 10.7. The van der Waals surface area contributed by atoms with Gasteiger partial charge >= 0.3 is 30.5 Å². The Morgan fingerprint density at radius 1 is 0.612 bits per heavy atom. The van der Waals surface area contributed by atoms with Crippen molar-refractivity contribution < 1.29 is 97.4 Å². The number of amides is 3. The van der Waals surface area contributed by atoms with E-state index in [9.17, 15) is 60.2 Å². The summed E-state index contributed by atoms with van der Waals surface area (Å²) in [6, 6.07) is 9.97. The minimum Gasteiger partial charge on any atom is -0.480 e. The standard InChI is InChI=1S/C34H45F4N5O6SSi.C32H43FN4O7SSi.C2H4F3N/c1-9-48-27-18-39-24(17-40-27)25(44)15-21-10-11-23(35)22(14-21)32(5)26-16-33(26,28(45)41-19-34(36,37)38)50-29(42-32)43(30(46)49-31(2,3)4)20-47-12-13-51(6,7)8;1-9-43-26-18-34-23(17-35-26)24(38)15-20-10-11-22(33)21(14-20)31(5)25-16-32(25,27(39)40)45-28(36-31)37(29(41)44-30(2,3)4)19-42-12-13-46(6,7)8;3-2(4,5)1-6/h10-11,14,17-18,26H,9,12-13,15-16,19-20H2,1-8H3,(H,41,45);10-11,14,17-18,25H,9,12-13,15-16,19H2,1-8H3,(H,39,40);1,6H2/t26-,32+,33-;25-,31+,32-;/m00./s1. The van der Waals surface area contributed by atoms with Gasteiger partial charge in [0.05, 0.1) is 55.6 Å². The molecule has 2 aromatic carbocycles. The number of halogens is 8. The van der Waals surface area contributed by atoms with Crippen LogP contribution in [0, 0.1) is 23.5 Å². The quantitative estimate of drug-likeness (QED) is 0.0183. The number of benzene rings is 2. The molecular formula is C68H92F8N10O13S2Si2. The molecule has 2 aromatic heterocycles. The van der Waals surface area contributed by atoms with Crippen LogP contribution in [0.2, 0.25) is 51.4 Å². The predicted molar refractivity (Wildman–Crippen MR) is 378 cm³/mol. The van der Waals surface area contributed by atoms with Gasteiger partial charge < -0.3 is 44.6 Å². The monoisotopic (exact) mass is 1530 g/mol. The zero-order valence-electron chi connectivity index (χ0n) is 60.7. The number of aliphatic imine (C=N–C) groups is 2. The van der Waals surface area contributed by atoms with Crippen LogP contribution in [-0.4, -0.2) is 183 Å². The van der Waals surface area contributed by atoms with Crippen LogP contribution in [0.3, 0.4) is 0 Å². The minimum atomic E-state index is -4.68. The average Bonchev–Trinajstić information content (AvgIpc) is 1.53. The second-order valence-electron chi connectivity index (χ2n) is 29.7. The molecule has 4 N–H and O–H groups in total. The van der Waals surface area contributed by atoms with Gasteiger partial charge in [0, 0.05) is 65.2 Å². The van der Waals surface area contributed by atoms with Crippen LogP contribution in [0.15, 0.2) is 71.2 Å². The first-order chi connectivity index (χ1) is 47.5. The van der Waals surface area contributed by atoms with Crippen molar-refractivity contribution in [2.45, 2.75) is 190 Å². The Hall–Kier alpha value is -7.19. The molecule has 103 heavy (non-hydrogen) atoms. The maximum Gasteiger partial charge on any atom is 0.418 e.